The summed E-state index contributed by atoms with van der Waals surface area (Å²) in [4.78, 5) is 18.9. The van der Waals surface area contributed by atoms with Crippen LogP contribution in [0.1, 0.15) is 19.3 Å². The number of ether oxygens (including phenoxy) is 1. The minimum atomic E-state index is -4.78. The van der Waals surface area contributed by atoms with Crippen LogP contribution in [0.5, 0.6) is 5.75 Å². The van der Waals surface area contributed by atoms with Crippen molar-refractivity contribution in [2.24, 2.45) is 5.41 Å². The third kappa shape index (κ3) is 4.49. The molecule has 1 spiro atoms. The number of anilines is 2. The predicted octanol–water partition coefficient (Wildman–Crippen LogP) is 3.23. The molecule has 0 bridgehead atoms. The monoisotopic (exact) mass is 484 g/mol. The van der Waals surface area contributed by atoms with Gasteiger partial charge in [0.2, 0.25) is 15.9 Å². The molecule has 178 valence electrons. The third-order valence-electron chi connectivity index (χ3n) is 6.20. The smallest absolute Gasteiger partial charge is 0.406 e. The number of nitrogens with one attached hydrogen (secondary N) is 1. The van der Waals surface area contributed by atoms with E-state index in [1.807, 2.05) is 0 Å². The molecule has 1 amide bonds. The maximum atomic E-state index is 13.2. The van der Waals surface area contributed by atoms with E-state index in [9.17, 15) is 26.4 Å². The predicted molar refractivity (Wildman–Crippen MR) is 114 cm³/mol. The molecule has 4 rings (SSSR count). The first kappa shape index (κ1) is 23.3. The second-order valence-electron chi connectivity index (χ2n) is 8.03. The van der Waals surface area contributed by atoms with Crippen molar-refractivity contribution >= 4 is 27.4 Å². The van der Waals surface area contributed by atoms with Crippen LogP contribution < -0.4 is 15.0 Å². The molecule has 1 aromatic carbocycles. The molecular weight excluding hydrogens is 461 g/mol. The number of alkyl halides is 3. The standard InChI is InChI=1S/C21H23F3N4O4S/c1-25-18-17(3-2-11-26-18)33(30,31)27-12-8-20(9-13-27)10-14-28(19(20)29)15-4-6-16(7-5-15)32-21(22,23)24/h2-7,11H,8-10,12-14H2,1H3,(H,25,26). The van der Waals surface area contributed by atoms with Gasteiger partial charge < -0.3 is 15.0 Å². The van der Waals surface area contributed by atoms with E-state index in [4.69, 9.17) is 0 Å². The van der Waals surface area contributed by atoms with Crippen LogP contribution in [0.2, 0.25) is 0 Å². The van der Waals surface area contributed by atoms with Gasteiger partial charge in [0, 0.05) is 38.6 Å². The van der Waals surface area contributed by atoms with Crippen molar-refractivity contribution in [3.05, 3.63) is 42.6 Å². The van der Waals surface area contributed by atoms with Crippen LogP contribution in [0.15, 0.2) is 47.5 Å². The molecule has 33 heavy (non-hydrogen) atoms. The van der Waals surface area contributed by atoms with Crippen molar-refractivity contribution in [2.75, 3.05) is 36.9 Å². The van der Waals surface area contributed by atoms with Gasteiger partial charge in [0.15, 0.2) is 0 Å². The topological polar surface area (TPSA) is 91.8 Å². The van der Waals surface area contributed by atoms with E-state index in [2.05, 4.69) is 15.0 Å². The molecule has 2 aliphatic rings. The van der Waals surface area contributed by atoms with Crippen LogP contribution in [-0.4, -0.2) is 56.7 Å². The molecule has 0 atom stereocenters. The number of piperidine rings is 1. The van der Waals surface area contributed by atoms with Crippen molar-refractivity contribution in [3.8, 4) is 5.75 Å². The largest absolute Gasteiger partial charge is 0.573 e. The van der Waals surface area contributed by atoms with Crippen LogP contribution in [0.4, 0.5) is 24.7 Å². The lowest BCUT2D eigenvalue weighted by molar-refractivity contribution is -0.274. The average Bonchev–Trinajstić information content (AvgIpc) is 3.09. The second-order valence-corrected chi connectivity index (χ2v) is 9.94. The lowest BCUT2D eigenvalue weighted by Crippen LogP contribution is -2.46. The molecule has 0 radical (unpaired) electrons. The van der Waals surface area contributed by atoms with Gasteiger partial charge >= 0.3 is 6.36 Å². The van der Waals surface area contributed by atoms with Gasteiger partial charge in [-0.2, -0.15) is 4.31 Å². The van der Waals surface area contributed by atoms with Crippen molar-refractivity contribution in [3.63, 3.8) is 0 Å². The molecule has 2 aromatic rings. The Bertz CT molecular complexity index is 1130. The van der Waals surface area contributed by atoms with Gasteiger partial charge in [-0.05, 0) is 55.7 Å². The van der Waals surface area contributed by atoms with Crippen LogP contribution in [-0.2, 0) is 14.8 Å². The number of benzene rings is 1. The molecule has 0 unspecified atom stereocenters. The molecule has 0 aliphatic carbocycles. The Morgan fingerprint density at radius 2 is 1.70 bits per heavy atom. The zero-order valence-electron chi connectivity index (χ0n) is 17.8. The van der Waals surface area contributed by atoms with Crippen LogP contribution in [0.3, 0.4) is 0 Å². The highest BCUT2D eigenvalue weighted by atomic mass is 32.2. The maximum Gasteiger partial charge on any atom is 0.573 e. The number of pyridine rings is 1. The van der Waals surface area contributed by atoms with Crippen LogP contribution in [0, 0.1) is 5.41 Å². The van der Waals surface area contributed by atoms with E-state index in [1.54, 1.807) is 18.0 Å². The van der Waals surface area contributed by atoms with Gasteiger partial charge in [0.05, 0.1) is 5.41 Å². The van der Waals surface area contributed by atoms with Crippen molar-refractivity contribution < 1.29 is 31.1 Å². The number of carbonyl (C=O) groups excluding carboxylic acids is 1. The molecule has 0 saturated carbocycles. The first-order valence-corrected chi connectivity index (χ1v) is 11.8. The van der Waals surface area contributed by atoms with Gasteiger partial charge in [-0.1, -0.05) is 0 Å². The number of aromatic nitrogens is 1. The van der Waals surface area contributed by atoms with E-state index in [-0.39, 0.29) is 35.5 Å². The lowest BCUT2D eigenvalue weighted by atomic mass is 9.77. The summed E-state index contributed by atoms with van der Waals surface area (Å²) in [6.07, 6.45) is -2.00. The minimum absolute atomic E-state index is 0.0870. The Balaban J connectivity index is 1.45. The first-order chi connectivity index (χ1) is 15.6. The Morgan fingerprint density at radius 1 is 1.06 bits per heavy atom. The summed E-state index contributed by atoms with van der Waals surface area (Å²) in [7, 11) is -2.18. The molecular formula is C21H23F3N4O4S. The molecule has 2 fully saturated rings. The van der Waals surface area contributed by atoms with E-state index < -0.39 is 21.8 Å². The SMILES string of the molecule is CNc1ncccc1S(=O)(=O)N1CCC2(CCN(c3ccc(OC(F)(F)F)cc3)C2=O)CC1. The van der Waals surface area contributed by atoms with Crippen molar-refractivity contribution in [1.29, 1.82) is 0 Å². The maximum absolute atomic E-state index is 13.2. The summed E-state index contributed by atoms with van der Waals surface area (Å²) in [5.74, 6) is -0.234. The van der Waals surface area contributed by atoms with E-state index in [0.717, 1.165) is 0 Å². The molecule has 8 nitrogen and oxygen atoms in total. The number of carbonyl (C=O) groups is 1. The van der Waals surface area contributed by atoms with Gasteiger partial charge in [-0.15, -0.1) is 13.2 Å². The molecule has 1 aromatic heterocycles. The van der Waals surface area contributed by atoms with E-state index in [1.165, 1.54) is 40.8 Å². The van der Waals surface area contributed by atoms with Gasteiger partial charge in [-0.25, -0.2) is 13.4 Å². The number of hydrogen-bond acceptors (Lipinski definition) is 6. The molecule has 2 aliphatic heterocycles. The summed E-state index contributed by atoms with van der Waals surface area (Å²) in [6, 6.07) is 8.22. The van der Waals surface area contributed by atoms with Gasteiger partial charge in [0.1, 0.15) is 16.5 Å². The molecule has 3 heterocycles. The Hall–Kier alpha value is -2.86. The fourth-order valence-corrected chi connectivity index (χ4v) is 6.03. The minimum Gasteiger partial charge on any atom is -0.406 e. The van der Waals surface area contributed by atoms with Gasteiger partial charge in [-0.3, -0.25) is 4.79 Å². The summed E-state index contributed by atoms with van der Waals surface area (Å²) >= 11 is 0. The molecule has 1 N–H and O–H groups in total. The highest BCUT2D eigenvalue weighted by Gasteiger charge is 2.50. The summed E-state index contributed by atoms with van der Waals surface area (Å²) in [5.41, 5.74) is -0.205. The Kier molecular flexibility index (Phi) is 5.99. The van der Waals surface area contributed by atoms with Crippen molar-refractivity contribution in [1.82, 2.24) is 9.29 Å². The third-order valence-corrected chi connectivity index (χ3v) is 8.13. The van der Waals surface area contributed by atoms with Crippen molar-refractivity contribution in [2.45, 2.75) is 30.5 Å². The summed E-state index contributed by atoms with van der Waals surface area (Å²) < 4.78 is 68.6. The van der Waals surface area contributed by atoms with Crippen LogP contribution >= 0.6 is 0 Å². The molecule has 12 heteroatoms. The van der Waals surface area contributed by atoms with Crippen LogP contribution in [0.25, 0.3) is 0 Å². The van der Waals surface area contributed by atoms with E-state index in [0.29, 0.717) is 31.5 Å². The highest BCUT2D eigenvalue weighted by Crippen LogP contribution is 2.44. The first-order valence-electron chi connectivity index (χ1n) is 10.4. The Morgan fingerprint density at radius 3 is 2.30 bits per heavy atom. The number of rotatable bonds is 5. The number of amides is 1. The zero-order valence-corrected chi connectivity index (χ0v) is 18.6. The van der Waals surface area contributed by atoms with E-state index >= 15 is 0 Å². The number of sulfonamides is 1. The fraction of sp³-hybridized carbons (Fsp3) is 0.429. The zero-order chi connectivity index (χ0) is 23.9. The summed E-state index contributed by atoms with van der Waals surface area (Å²) in [6.45, 7) is 0.800. The Labute approximate surface area is 189 Å². The fourth-order valence-electron chi connectivity index (χ4n) is 4.44. The lowest BCUT2D eigenvalue weighted by Gasteiger charge is -2.37. The second kappa shape index (κ2) is 8.49. The number of halogens is 3. The average molecular weight is 485 g/mol. The highest BCUT2D eigenvalue weighted by molar-refractivity contribution is 7.89. The number of nitrogens with zero attached hydrogens (tertiary/aromatic N) is 3. The normalized spacial score (nSPS) is 19.2. The van der Waals surface area contributed by atoms with Gasteiger partial charge in [0.25, 0.3) is 0 Å². The summed E-state index contributed by atoms with van der Waals surface area (Å²) in [5, 5.41) is 2.79. The number of hydrogen-bond donors (Lipinski definition) is 1. The molecule has 2 saturated heterocycles. The quantitative estimate of drug-likeness (QED) is 0.701.